The molecule has 6 nitrogen and oxygen atoms in total. The highest BCUT2D eigenvalue weighted by Crippen LogP contribution is 2.30. The van der Waals surface area contributed by atoms with Gasteiger partial charge < -0.3 is 5.32 Å². The summed E-state index contributed by atoms with van der Waals surface area (Å²) < 4.78 is 39.7. The van der Waals surface area contributed by atoms with E-state index in [0.717, 1.165) is 23.2 Å². The molecule has 2 aromatic carbocycles. The third-order valence-corrected chi connectivity index (χ3v) is 5.19. The Morgan fingerprint density at radius 2 is 1.89 bits per heavy atom. The average Bonchev–Trinajstić information content (AvgIpc) is 3.21. The van der Waals surface area contributed by atoms with Gasteiger partial charge in [0.1, 0.15) is 0 Å². The van der Waals surface area contributed by atoms with Crippen LogP contribution in [0.25, 0.3) is 16.8 Å². The van der Waals surface area contributed by atoms with Crippen molar-refractivity contribution < 1.29 is 18.0 Å². The summed E-state index contributed by atoms with van der Waals surface area (Å²) in [7, 11) is 0. The van der Waals surface area contributed by atoms with Gasteiger partial charge in [-0.2, -0.15) is 13.2 Å². The molecule has 4 aromatic rings. The summed E-state index contributed by atoms with van der Waals surface area (Å²) >= 11 is 1.22. The van der Waals surface area contributed by atoms with Gasteiger partial charge in [0.05, 0.1) is 21.8 Å². The first kappa shape index (κ1) is 18.4. The Labute approximate surface area is 161 Å². The number of alkyl halides is 3. The van der Waals surface area contributed by atoms with E-state index in [1.54, 1.807) is 6.92 Å². The second-order valence-electron chi connectivity index (χ2n) is 6.09. The first-order valence-electron chi connectivity index (χ1n) is 8.29. The molecule has 0 spiro atoms. The number of benzene rings is 2. The Morgan fingerprint density at radius 1 is 1.18 bits per heavy atom. The highest BCUT2D eigenvalue weighted by molar-refractivity contribution is 8.00. The van der Waals surface area contributed by atoms with Gasteiger partial charge in [-0.3, -0.25) is 9.20 Å². The molecule has 28 heavy (non-hydrogen) atoms. The molecule has 0 radical (unpaired) electrons. The van der Waals surface area contributed by atoms with Crippen LogP contribution < -0.4 is 5.32 Å². The highest BCUT2D eigenvalue weighted by atomic mass is 32.2. The Balaban J connectivity index is 1.50. The summed E-state index contributed by atoms with van der Waals surface area (Å²) in [5.41, 5.74) is 1.20. The predicted octanol–water partition coefficient (Wildman–Crippen LogP) is 4.35. The van der Waals surface area contributed by atoms with Crippen LogP contribution in [0.5, 0.6) is 0 Å². The number of fused-ring (bicyclic) bond motifs is 3. The molecule has 0 fully saturated rings. The lowest BCUT2D eigenvalue weighted by atomic mass is 10.2. The zero-order valence-corrected chi connectivity index (χ0v) is 15.3. The number of nitrogens with zero attached hydrogens (tertiary/aromatic N) is 3. The number of anilines is 1. The Hall–Kier alpha value is -3.01. The van der Waals surface area contributed by atoms with Crippen LogP contribution in [0, 0.1) is 0 Å². The number of nitrogens with one attached hydrogen (secondary N) is 2. The van der Waals surface area contributed by atoms with E-state index in [9.17, 15) is 18.0 Å². The highest BCUT2D eigenvalue weighted by Gasteiger charge is 2.30. The molecule has 0 aliphatic heterocycles. The lowest BCUT2D eigenvalue weighted by molar-refractivity contribution is -0.137. The summed E-state index contributed by atoms with van der Waals surface area (Å²) in [6.07, 6.45) is -4.41. The standard InChI is InChI=1S/C18H14F3N5OS/c1-10(15(27)22-12-8-6-11(7-9-12)18(19,20)21)28-17-25-24-16-23-13-4-2-3-5-14(13)26(16)17/h2-10H,1H3,(H,22,27)(H,23,24)/t10-/m0/s1. The van der Waals surface area contributed by atoms with Crippen molar-refractivity contribution in [2.45, 2.75) is 23.5 Å². The third-order valence-electron chi connectivity index (χ3n) is 4.13. The fourth-order valence-corrected chi connectivity index (χ4v) is 3.59. The van der Waals surface area contributed by atoms with Gasteiger partial charge in [-0.25, -0.2) is 10.1 Å². The van der Waals surface area contributed by atoms with Crippen LogP contribution >= 0.6 is 11.8 Å². The van der Waals surface area contributed by atoms with Crippen molar-refractivity contribution in [3.8, 4) is 0 Å². The van der Waals surface area contributed by atoms with E-state index < -0.39 is 17.0 Å². The number of hydrogen-bond acceptors (Lipinski definition) is 4. The molecular formula is C18H14F3N5OS. The molecule has 144 valence electrons. The normalized spacial score (nSPS) is 13.1. The van der Waals surface area contributed by atoms with Crippen LogP contribution in [-0.4, -0.2) is 30.7 Å². The second-order valence-corrected chi connectivity index (χ2v) is 7.40. The lowest BCUT2D eigenvalue weighted by Crippen LogP contribution is -2.22. The summed E-state index contributed by atoms with van der Waals surface area (Å²) in [5, 5.41) is 9.70. The van der Waals surface area contributed by atoms with Gasteiger partial charge in [-0.1, -0.05) is 23.9 Å². The van der Waals surface area contributed by atoms with E-state index in [2.05, 4.69) is 20.5 Å². The van der Waals surface area contributed by atoms with E-state index in [0.29, 0.717) is 16.6 Å². The minimum Gasteiger partial charge on any atom is -0.325 e. The van der Waals surface area contributed by atoms with Gasteiger partial charge in [0.2, 0.25) is 11.7 Å². The number of carbonyl (C=O) groups excluding carboxylic acids is 1. The quantitative estimate of drug-likeness (QED) is 0.495. The maximum Gasteiger partial charge on any atom is 0.416 e. The molecule has 0 saturated heterocycles. The SMILES string of the molecule is C[C@H](Sc1n[nH]c2nc3ccccc3n12)C(=O)Nc1ccc(C(F)(F)F)cc1. The largest absolute Gasteiger partial charge is 0.416 e. The van der Waals surface area contributed by atoms with Gasteiger partial charge in [0.15, 0.2) is 5.16 Å². The van der Waals surface area contributed by atoms with Gasteiger partial charge in [0, 0.05) is 5.69 Å². The van der Waals surface area contributed by atoms with Crippen LogP contribution in [-0.2, 0) is 11.0 Å². The van der Waals surface area contributed by atoms with E-state index in [4.69, 9.17) is 0 Å². The molecular weight excluding hydrogens is 391 g/mol. The third kappa shape index (κ3) is 3.42. The van der Waals surface area contributed by atoms with E-state index in [1.807, 2.05) is 28.7 Å². The molecule has 0 bridgehead atoms. The molecule has 4 rings (SSSR count). The zero-order chi connectivity index (χ0) is 19.9. The zero-order valence-electron chi connectivity index (χ0n) is 14.5. The number of thioether (sulfide) groups is 1. The van der Waals surface area contributed by atoms with Gasteiger partial charge in [0.25, 0.3) is 0 Å². The molecule has 1 amide bonds. The molecule has 0 aliphatic carbocycles. The van der Waals surface area contributed by atoms with Gasteiger partial charge in [-0.05, 0) is 43.3 Å². The molecule has 2 aromatic heterocycles. The van der Waals surface area contributed by atoms with Crippen molar-refractivity contribution in [2.75, 3.05) is 5.32 Å². The van der Waals surface area contributed by atoms with E-state index in [1.165, 1.54) is 23.9 Å². The number of aromatic amines is 1. The van der Waals surface area contributed by atoms with Crippen LogP contribution in [0.2, 0.25) is 0 Å². The number of amides is 1. The monoisotopic (exact) mass is 405 g/mol. The van der Waals surface area contributed by atoms with Crippen LogP contribution in [0.4, 0.5) is 18.9 Å². The fraction of sp³-hybridized carbons (Fsp3) is 0.167. The maximum absolute atomic E-state index is 12.6. The van der Waals surface area contributed by atoms with Crippen molar-refractivity contribution in [3.63, 3.8) is 0 Å². The van der Waals surface area contributed by atoms with Crippen molar-refractivity contribution in [2.24, 2.45) is 0 Å². The first-order valence-corrected chi connectivity index (χ1v) is 9.17. The van der Waals surface area contributed by atoms with Crippen LogP contribution in [0.1, 0.15) is 12.5 Å². The fourth-order valence-electron chi connectivity index (χ4n) is 2.72. The number of para-hydroxylation sites is 2. The van der Waals surface area contributed by atoms with Crippen LogP contribution in [0.15, 0.2) is 53.7 Å². The molecule has 2 N–H and O–H groups in total. The molecule has 0 unspecified atom stereocenters. The van der Waals surface area contributed by atoms with Crippen molar-refractivity contribution in [3.05, 3.63) is 54.1 Å². The smallest absolute Gasteiger partial charge is 0.325 e. The van der Waals surface area contributed by atoms with Crippen LogP contribution in [0.3, 0.4) is 0 Å². The molecule has 0 aliphatic rings. The summed E-state index contributed by atoms with van der Waals surface area (Å²) in [6, 6.07) is 11.9. The van der Waals surface area contributed by atoms with Crippen molar-refractivity contribution in [1.29, 1.82) is 0 Å². The van der Waals surface area contributed by atoms with E-state index in [-0.39, 0.29) is 5.91 Å². The van der Waals surface area contributed by atoms with Crippen molar-refractivity contribution in [1.82, 2.24) is 19.6 Å². The summed E-state index contributed by atoms with van der Waals surface area (Å²) in [6.45, 7) is 1.70. The maximum atomic E-state index is 12.6. The van der Waals surface area contributed by atoms with Crippen molar-refractivity contribution >= 4 is 40.2 Å². The number of carbonyl (C=O) groups is 1. The number of rotatable bonds is 4. The number of aromatic nitrogens is 4. The Morgan fingerprint density at radius 3 is 2.61 bits per heavy atom. The minimum absolute atomic E-state index is 0.297. The summed E-state index contributed by atoms with van der Waals surface area (Å²) in [5.74, 6) is 0.226. The Bertz CT molecular complexity index is 1150. The van der Waals surface area contributed by atoms with Gasteiger partial charge >= 0.3 is 6.18 Å². The topological polar surface area (TPSA) is 75.1 Å². The molecule has 10 heteroatoms. The minimum atomic E-state index is -4.41. The summed E-state index contributed by atoms with van der Waals surface area (Å²) in [4.78, 5) is 16.9. The Kier molecular flexibility index (Phi) is 4.50. The molecule has 2 heterocycles. The number of imidazole rings is 1. The number of H-pyrrole nitrogens is 1. The average molecular weight is 405 g/mol. The van der Waals surface area contributed by atoms with E-state index >= 15 is 0 Å². The number of hydrogen-bond donors (Lipinski definition) is 2. The second kappa shape index (κ2) is 6.86. The van der Waals surface area contributed by atoms with Gasteiger partial charge in [-0.15, -0.1) is 5.10 Å². The predicted molar refractivity (Wildman–Crippen MR) is 100 cm³/mol. The molecule has 1 atom stereocenters. The number of halogens is 3. The lowest BCUT2D eigenvalue weighted by Gasteiger charge is -2.12. The first-order chi connectivity index (χ1) is 13.3. The molecule has 0 saturated carbocycles.